The quantitative estimate of drug-likeness (QED) is 0.0518. The Kier molecular flexibility index (Phi) is 18.9. The Bertz CT molecular complexity index is 2670. The maximum Gasteiger partial charge on any atom is 0.352 e. The van der Waals surface area contributed by atoms with Gasteiger partial charge in [0.15, 0.2) is 10.8 Å². The molecule has 4 amide bonds. The van der Waals surface area contributed by atoms with Crippen molar-refractivity contribution < 1.29 is 63.2 Å². The number of nitrogens with one attached hydrogen (secondary N) is 1. The van der Waals surface area contributed by atoms with Crippen LogP contribution in [-0.2, 0) is 54.3 Å². The van der Waals surface area contributed by atoms with Crippen LogP contribution in [0.15, 0.2) is 75.6 Å². The van der Waals surface area contributed by atoms with Crippen LogP contribution in [0, 0.1) is 41.4 Å². The normalized spacial score (nSPS) is 25.6. The summed E-state index contributed by atoms with van der Waals surface area (Å²) < 4.78 is 10.2. The number of aliphatic carboxylic acids is 1. The third kappa shape index (κ3) is 11.9. The molecule has 0 spiro atoms. The third-order valence-electron chi connectivity index (χ3n) is 13.8. The van der Waals surface area contributed by atoms with Crippen molar-refractivity contribution in [1.29, 1.82) is 0 Å². The number of carboxylic acids is 1. The van der Waals surface area contributed by atoms with E-state index in [0.717, 1.165) is 46.5 Å². The fraction of sp³-hybridized carbons (Fsp3) is 0.528. The van der Waals surface area contributed by atoms with Gasteiger partial charge in [-0.25, -0.2) is 9.78 Å². The highest BCUT2D eigenvalue weighted by atomic mass is 32.2. The summed E-state index contributed by atoms with van der Waals surface area (Å²) in [5.41, 5.74) is 10.4. The number of hydrogen-bond acceptors (Lipinski definition) is 17. The Labute approximate surface area is 445 Å². The zero-order valence-corrected chi connectivity index (χ0v) is 45.7. The summed E-state index contributed by atoms with van der Waals surface area (Å²) in [5, 5.41) is 37.0. The number of amides is 4. The lowest BCUT2D eigenvalue weighted by Crippen LogP contribution is -2.71. The average molecular weight is 1080 g/mol. The molecule has 6 aliphatic rings. The van der Waals surface area contributed by atoms with Crippen LogP contribution in [0.4, 0.5) is 5.13 Å². The lowest BCUT2D eigenvalue weighted by Gasteiger charge is -2.49. The number of hydrogen-bond donors (Lipinski definition) is 5. The third-order valence-corrected chi connectivity index (χ3v) is 15.8. The number of β-lactam (4-membered cyclic amide) rings is 3. The molecule has 8 rings (SSSR count). The monoisotopic (exact) mass is 1080 g/mol. The number of oxime groups is 1. The first-order chi connectivity index (χ1) is 35.5. The van der Waals surface area contributed by atoms with E-state index in [9.17, 15) is 48.9 Å². The molecule has 3 fully saturated rings. The van der Waals surface area contributed by atoms with Gasteiger partial charge in [0.1, 0.15) is 29.9 Å². The van der Waals surface area contributed by atoms with Crippen LogP contribution in [0.2, 0.25) is 0 Å². The van der Waals surface area contributed by atoms with Gasteiger partial charge in [0.05, 0.1) is 36.1 Å². The highest BCUT2D eigenvalue weighted by Gasteiger charge is 2.61. The van der Waals surface area contributed by atoms with E-state index in [0.29, 0.717) is 48.7 Å². The van der Waals surface area contributed by atoms with Gasteiger partial charge in [-0.1, -0.05) is 97.0 Å². The molecule has 6 N–H and O–H groups in total. The van der Waals surface area contributed by atoms with Crippen LogP contribution in [0.1, 0.15) is 98.9 Å². The molecule has 2 aromatic rings. The van der Waals surface area contributed by atoms with Gasteiger partial charge in [-0.3, -0.25) is 43.5 Å². The number of anilines is 1. The van der Waals surface area contributed by atoms with Gasteiger partial charge in [0, 0.05) is 34.1 Å². The molecule has 0 bridgehead atoms. The number of carbonyl (C=O) groups is 7. The van der Waals surface area contributed by atoms with Gasteiger partial charge in [-0.2, -0.15) is 0 Å². The number of ether oxygens (including phenoxy) is 2. The zero-order valence-electron chi connectivity index (χ0n) is 44.1. The van der Waals surface area contributed by atoms with Crippen LogP contribution in [0.5, 0.6) is 0 Å². The number of aromatic nitrogens is 1. The van der Waals surface area contributed by atoms with Crippen molar-refractivity contribution >= 4 is 82.1 Å². The van der Waals surface area contributed by atoms with E-state index >= 15 is 0 Å². The van der Waals surface area contributed by atoms with Crippen LogP contribution >= 0.6 is 23.1 Å². The van der Waals surface area contributed by atoms with Gasteiger partial charge in [0.25, 0.3) is 24.8 Å². The summed E-state index contributed by atoms with van der Waals surface area (Å²) in [5.74, 6) is -0.936. The molecule has 1 aromatic carbocycles. The lowest BCUT2D eigenvalue weighted by molar-refractivity contribution is -0.166. The number of allylic oxidation sites excluding steroid dienone is 2. The van der Waals surface area contributed by atoms with Crippen molar-refractivity contribution in [2.45, 2.75) is 124 Å². The number of nitrogens with zero attached hydrogens (tertiary/aromatic N) is 5. The van der Waals surface area contributed by atoms with Gasteiger partial charge in [-0.15, -0.1) is 23.1 Å². The molecule has 1 aromatic heterocycles. The molecule has 10 atom stereocenters. The molecule has 406 valence electrons. The fourth-order valence-corrected chi connectivity index (χ4v) is 12.4. The smallest absolute Gasteiger partial charge is 0.352 e. The van der Waals surface area contributed by atoms with Crippen LogP contribution in [-0.4, -0.2) is 132 Å². The standard InChI is InChI=1S/C20H25NO4.C17H21N5O5S2.C16H23NO4/c1-11(2)9-14-5-7-15(8-6-14)16-12(3)18-17(13(4)23)19(24)21(18)20(16)25-10-22;1-7(2)4-8-5-28-15-11(14(24)22(15)12(8)16(25)26)20-13(23)10(21-27-3)9-6-29-17(18)19-9;1-9(2)6-5-7-12-10(3)14-13(11(4)19)15(20)17(14)16(12)21-8-18/h5-8,10-13,17-18,23H,9H2,1-4H3;6-7,11,15H,4-5H2,1-3H3,(H2,18,19)(H,20,23)(H,25,26);5,7-11,13-14,19H,6H2,1-4H3/b;21-10-;7-5+. The Morgan fingerprint density at radius 1 is 0.840 bits per heavy atom. The molecule has 0 saturated carbocycles. The molecule has 20 nitrogen and oxygen atoms in total. The van der Waals surface area contributed by atoms with Crippen molar-refractivity contribution in [1.82, 2.24) is 25.0 Å². The van der Waals surface area contributed by atoms with E-state index in [2.05, 4.69) is 55.3 Å². The van der Waals surface area contributed by atoms with Gasteiger partial charge in [-0.05, 0) is 67.6 Å². The average Bonchev–Trinajstić information content (AvgIpc) is 3.94. The van der Waals surface area contributed by atoms with E-state index in [1.54, 1.807) is 19.2 Å². The number of carboxylic acid groups (broad SMARTS) is 1. The number of nitrogens with two attached hydrogens (primary N) is 1. The number of carbonyl (C=O) groups excluding carboxylic acids is 6. The van der Waals surface area contributed by atoms with Crippen molar-refractivity contribution in [2.24, 2.45) is 46.6 Å². The molecule has 6 aliphatic heterocycles. The number of thioether (sulfide) groups is 1. The summed E-state index contributed by atoms with van der Waals surface area (Å²) >= 11 is 2.57. The van der Waals surface area contributed by atoms with Gasteiger partial charge >= 0.3 is 5.97 Å². The maximum atomic E-state index is 12.7. The molecular weight excluding hydrogens is 1010 g/mol. The molecule has 22 heteroatoms. The van der Waals surface area contributed by atoms with Gasteiger partial charge in [0.2, 0.25) is 23.6 Å². The lowest BCUT2D eigenvalue weighted by atomic mass is 9.77. The first kappa shape index (κ1) is 57.9. The van der Waals surface area contributed by atoms with Crippen molar-refractivity contribution in [3.05, 3.63) is 87.2 Å². The molecule has 0 radical (unpaired) electrons. The maximum absolute atomic E-state index is 12.7. The van der Waals surface area contributed by atoms with E-state index < -0.39 is 53.2 Å². The van der Waals surface area contributed by atoms with E-state index in [-0.39, 0.29) is 63.9 Å². The first-order valence-corrected chi connectivity index (χ1v) is 26.9. The summed E-state index contributed by atoms with van der Waals surface area (Å²) in [7, 11) is 1.29. The largest absolute Gasteiger partial charge is 0.477 e. The second kappa shape index (κ2) is 24.5. The van der Waals surface area contributed by atoms with E-state index in [1.165, 1.54) is 39.1 Å². The van der Waals surface area contributed by atoms with Crippen molar-refractivity contribution in [2.75, 3.05) is 18.6 Å². The minimum atomic E-state index is -1.14. The fourth-order valence-electron chi connectivity index (χ4n) is 10.5. The highest BCUT2D eigenvalue weighted by Crippen LogP contribution is 2.51. The van der Waals surface area contributed by atoms with E-state index in [4.69, 9.17) is 20.0 Å². The first-order valence-electron chi connectivity index (χ1n) is 25.0. The Hall–Kier alpha value is -6.36. The predicted molar refractivity (Wildman–Crippen MR) is 281 cm³/mol. The Morgan fingerprint density at radius 2 is 1.41 bits per heavy atom. The number of nitrogen functional groups attached to an aromatic ring is 1. The minimum absolute atomic E-state index is 0.0109. The van der Waals surface area contributed by atoms with Crippen LogP contribution < -0.4 is 11.1 Å². The Morgan fingerprint density at radius 3 is 1.92 bits per heavy atom. The number of aliphatic hydroxyl groups excluding tert-OH is 2. The van der Waals surface area contributed by atoms with Crippen molar-refractivity contribution in [3.63, 3.8) is 0 Å². The number of benzene rings is 1. The zero-order chi connectivity index (χ0) is 55.3. The Balaban J connectivity index is 0.000000185. The number of rotatable bonds is 19. The van der Waals surface area contributed by atoms with Gasteiger partial charge < -0.3 is 40.7 Å². The predicted octanol–water partition coefficient (Wildman–Crippen LogP) is 5.28. The minimum Gasteiger partial charge on any atom is -0.477 e. The van der Waals surface area contributed by atoms with E-state index in [1.807, 2.05) is 52.0 Å². The number of fused-ring (bicyclic) bond motifs is 3. The molecule has 3 saturated heterocycles. The molecule has 0 aliphatic carbocycles. The summed E-state index contributed by atoms with van der Waals surface area (Å²) in [6.07, 6.45) is 5.08. The van der Waals surface area contributed by atoms with Crippen LogP contribution in [0.25, 0.3) is 5.57 Å². The highest BCUT2D eigenvalue weighted by molar-refractivity contribution is 8.00. The second-order valence-electron chi connectivity index (χ2n) is 20.7. The summed E-state index contributed by atoms with van der Waals surface area (Å²) in [4.78, 5) is 96.4. The second-order valence-corrected chi connectivity index (χ2v) is 22.6. The number of thiazole rings is 1. The topological polar surface area (TPSA) is 281 Å². The molecular formula is C53H69N7O13S2. The SMILES string of the molecule is CC(C)C/C=C/C1=C(OC=O)N2C(=O)C(C(C)O)C2C1C.CC(C)Cc1ccc(C2=C(OC=O)N3C(=O)C(C(C)O)C3C2C)cc1.CO/N=C(\C(=O)NC1C(=O)N2C(C(=O)O)=C(CC(C)C)CSC12)c1csc(N)n1. The summed E-state index contributed by atoms with van der Waals surface area (Å²) in [6.45, 7) is 20.6. The molecule has 7 heterocycles. The number of aliphatic hydroxyl groups is 2. The van der Waals surface area contributed by atoms with Crippen molar-refractivity contribution in [3.8, 4) is 0 Å². The molecule has 10 unspecified atom stereocenters. The molecule has 75 heavy (non-hydrogen) atoms. The summed E-state index contributed by atoms with van der Waals surface area (Å²) in [6, 6.07) is 7.06. The van der Waals surface area contributed by atoms with Crippen LogP contribution in [0.3, 0.4) is 0 Å².